The molecule has 0 saturated heterocycles. The number of Topliss-reactive ketones (excluding diaryl/α,β-unsaturated/α-hetero) is 1. The van der Waals surface area contributed by atoms with E-state index in [2.05, 4.69) is 19.1 Å². The van der Waals surface area contributed by atoms with Crippen LogP contribution in [-0.4, -0.2) is 12.9 Å². The van der Waals surface area contributed by atoms with E-state index in [0.717, 1.165) is 16.7 Å². The first-order valence-electron chi connectivity index (χ1n) is 6.96. The van der Waals surface area contributed by atoms with Crippen LogP contribution >= 0.6 is 0 Å². The van der Waals surface area contributed by atoms with Crippen LogP contribution in [0.2, 0.25) is 0 Å². The van der Waals surface area contributed by atoms with Gasteiger partial charge in [0.2, 0.25) is 0 Å². The van der Waals surface area contributed by atoms with E-state index >= 15 is 0 Å². The maximum absolute atomic E-state index is 12.6. The Morgan fingerprint density at radius 1 is 1.14 bits per heavy atom. The van der Waals surface area contributed by atoms with Crippen LogP contribution in [0.4, 0.5) is 5.69 Å². The lowest BCUT2D eigenvalue weighted by Crippen LogP contribution is -2.10. The Morgan fingerprint density at radius 2 is 1.76 bits per heavy atom. The van der Waals surface area contributed by atoms with Gasteiger partial charge in [0.25, 0.3) is 0 Å². The van der Waals surface area contributed by atoms with E-state index in [9.17, 15) is 4.79 Å². The molecule has 0 aromatic heterocycles. The minimum absolute atomic E-state index is 0.0152. The topological polar surface area (TPSA) is 52.3 Å². The minimum atomic E-state index is 0.0152. The predicted molar refractivity (Wildman–Crippen MR) is 86.1 cm³/mol. The van der Waals surface area contributed by atoms with Crippen LogP contribution in [0, 0.1) is 20.8 Å². The summed E-state index contributed by atoms with van der Waals surface area (Å²) in [4.78, 5) is 12.6. The lowest BCUT2D eigenvalue weighted by atomic mass is 9.93. The molecule has 2 aromatic carbocycles. The fraction of sp³-hybridized carbons (Fsp3) is 0.278. The minimum Gasteiger partial charge on any atom is -0.495 e. The van der Waals surface area contributed by atoms with E-state index in [1.165, 1.54) is 5.56 Å². The molecule has 0 unspecified atom stereocenters. The van der Waals surface area contributed by atoms with Crippen molar-refractivity contribution in [1.82, 2.24) is 0 Å². The summed E-state index contributed by atoms with van der Waals surface area (Å²) in [5, 5.41) is 0. The van der Waals surface area contributed by atoms with Crippen LogP contribution in [0.1, 0.15) is 32.6 Å². The molecule has 0 heterocycles. The SMILES string of the molecule is COc1cccc(C(=O)Cc2c(C)cc(C)cc2C)c1N. The third kappa shape index (κ3) is 3.07. The van der Waals surface area contributed by atoms with Gasteiger partial charge in [-0.1, -0.05) is 23.8 Å². The summed E-state index contributed by atoms with van der Waals surface area (Å²) >= 11 is 0. The van der Waals surface area contributed by atoms with Crippen molar-refractivity contribution < 1.29 is 9.53 Å². The molecule has 0 radical (unpaired) electrons. The number of hydrogen-bond donors (Lipinski definition) is 1. The molecule has 2 N–H and O–H groups in total. The van der Waals surface area contributed by atoms with Crippen molar-refractivity contribution in [3.63, 3.8) is 0 Å². The number of rotatable bonds is 4. The maximum Gasteiger partial charge on any atom is 0.169 e. The number of anilines is 1. The number of carbonyl (C=O) groups excluding carboxylic acids is 1. The van der Waals surface area contributed by atoms with E-state index in [-0.39, 0.29) is 5.78 Å². The summed E-state index contributed by atoms with van der Waals surface area (Å²) in [5.74, 6) is 0.555. The molecule has 0 amide bonds. The van der Waals surface area contributed by atoms with E-state index < -0.39 is 0 Å². The van der Waals surface area contributed by atoms with Crippen LogP contribution in [0.15, 0.2) is 30.3 Å². The molecule has 0 aliphatic rings. The molecule has 0 bridgehead atoms. The zero-order valence-corrected chi connectivity index (χ0v) is 13.0. The second-order valence-corrected chi connectivity index (χ2v) is 5.40. The first-order chi connectivity index (χ1) is 9.93. The van der Waals surface area contributed by atoms with E-state index in [1.807, 2.05) is 13.8 Å². The highest BCUT2D eigenvalue weighted by atomic mass is 16.5. The highest BCUT2D eigenvalue weighted by Crippen LogP contribution is 2.27. The first kappa shape index (κ1) is 15.1. The van der Waals surface area contributed by atoms with Crippen LogP contribution < -0.4 is 10.5 Å². The van der Waals surface area contributed by atoms with Crippen molar-refractivity contribution in [2.24, 2.45) is 0 Å². The molecule has 3 heteroatoms. The van der Waals surface area contributed by atoms with E-state index in [0.29, 0.717) is 23.4 Å². The fourth-order valence-electron chi connectivity index (χ4n) is 2.71. The number of carbonyl (C=O) groups is 1. The second kappa shape index (κ2) is 6.00. The van der Waals surface area contributed by atoms with Crippen LogP contribution in [0.3, 0.4) is 0 Å². The quantitative estimate of drug-likeness (QED) is 0.688. The fourth-order valence-corrected chi connectivity index (χ4v) is 2.71. The number of ketones is 1. The van der Waals surface area contributed by atoms with Crippen molar-refractivity contribution in [1.29, 1.82) is 0 Å². The number of benzene rings is 2. The lowest BCUT2D eigenvalue weighted by molar-refractivity contribution is 0.0993. The average molecular weight is 283 g/mol. The monoisotopic (exact) mass is 283 g/mol. The van der Waals surface area contributed by atoms with Crippen LogP contribution in [-0.2, 0) is 6.42 Å². The molecule has 0 aliphatic carbocycles. The van der Waals surface area contributed by atoms with Gasteiger partial charge in [0.1, 0.15) is 5.75 Å². The smallest absolute Gasteiger partial charge is 0.169 e. The Balaban J connectivity index is 2.35. The summed E-state index contributed by atoms with van der Waals surface area (Å²) in [6, 6.07) is 9.50. The van der Waals surface area contributed by atoms with Gasteiger partial charge in [0.15, 0.2) is 5.78 Å². The molecule has 110 valence electrons. The molecule has 0 aliphatic heterocycles. The zero-order chi connectivity index (χ0) is 15.6. The summed E-state index contributed by atoms with van der Waals surface area (Å²) in [5.41, 5.74) is 11.5. The first-order valence-corrected chi connectivity index (χ1v) is 6.96. The Bertz CT molecular complexity index is 667. The lowest BCUT2D eigenvalue weighted by Gasteiger charge is -2.13. The van der Waals surface area contributed by atoms with Crippen molar-refractivity contribution in [2.75, 3.05) is 12.8 Å². The largest absolute Gasteiger partial charge is 0.495 e. The summed E-state index contributed by atoms with van der Waals surface area (Å²) in [6.45, 7) is 6.14. The molecule has 0 spiro atoms. The van der Waals surface area contributed by atoms with Gasteiger partial charge in [-0.15, -0.1) is 0 Å². The summed E-state index contributed by atoms with van der Waals surface area (Å²) in [6.07, 6.45) is 0.356. The Kier molecular flexibility index (Phi) is 4.32. The van der Waals surface area contributed by atoms with Gasteiger partial charge < -0.3 is 10.5 Å². The zero-order valence-electron chi connectivity index (χ0n) is 13.0. The third-order valence-corrected chi connectivity index (χ3v) is 3.76. The molecule has 3 nitrogen and oxygen atoms in total. The van der Waals surface area contributed by atoms with Crippen molar-refractivity contribution >= 4 is 11.5 Å². The third-order valence-electron chi connectivity index (χ3n) is 3.76. The van der Waals surface area contributed by atoms with Gasteiger partial charge in [0.05, 0.1) is 12.8 Å². The Morgan fingerprint density at radius 3 is 2.33 bits per heavy atom. The van der Waals surface area contributed by atoms with E-state index in [1.54, 1.807) is 25.3 Å². The summed E-state index contributed by atoms with van der Waals surface area (Å²) < 4.78 is 5.17. The Hall–Kier alpha value is -2.29. The van der Waals surface area contributed by atoms with Gasteiger partial charge in [-0.25, -0.2) is 0 Å². The molecule has 2 rings (SSSR count). The molecular weight excluding hydrogens is 262 g/mol. The van der Waals surface area contributed by atoms with Crippen LogP contribution in [0.25, 0.3) is 0 Å². The van der Waals surface area contributed by atoms with Gasteiger partial charge in [0, 0.05) is 12.0 Å². The van der Waals surface area contributed by atoms with Crippen molar-refractivity contribution in [2.45, 2.75) is 27.2 Å². The van der Waals surface area contributed by atoms with Gasteiger partial charge in [-0.2, -0.15) is 0 Å². The van der Waals surface area contributed by atoms with Crippen molar-refractivity contribution in [3.05, 3.63) is 58.1 Å². The summed E-state index contributed by atoms with van der Waals surface area (Å²) in [7, 11) is 1.55. The number of nitrogens with two attached hydrogens (primary N) is 1. The average Bonchev–Trinajstić information content (AvgIpc) is 2.42. The van der Waals surface area contributed by atoms with Gasteiger partial charge in [-0.3, -0.25) is 4.79 Å². The Labute approximate surface area is 125 Å². The normalized spacial score (nSPS) is 10.5. The number of aryl methyl sites for hydroxylation is 3. The van der Waals surface area contributed by atoms with Gasteiger partial charge in [-0.05, 0) is 49.6 Å². The molecular formula is C18H21NO2. The molecule has 0 atom stereocenters. The predicted octanol–water partition coefficient (Wildman–Crippen LogP) is 3.63. The highest BCUT2D eigenvalue weighted by molar-refractivity contribution is 6.03. The van der Waals surface area contributed by atoms with Crippen molar-refractivity contribution in [3.8, 4) is 5.75 Å². The number of nitrogen functional groups attached to an aromatic ring is 1. The molecule has 0 fully saturated rings. The second-order valence-electron chi connectivity index (χ2n) is 5.40. The highest BCUT2D eigenvalue weighted by Gasteiger charge is 2.15. The molecule has 0 saturated carbocycles. The van der Waals surface area contributed by atoms with Gasteiger partial charge >= 0.3 is 0 Å². The number of ether oxygens (including phenoxy) is 1. The number of methoxy groups -OCH3 is 1. The van der Waals surface area contributed by atoms with Crippen LogP contribution in [0.5, 0.6) is 5.75 Å². The standard InChI is InChI=1S/C18H21NO2/c1-11-8-12(2)15(13(3)9-11)10-16(20)14-6-5-7-17(21-4)18(14)19/h5-9H,10,19H2,1-4H3. The van der Waals surface area contributed by atoms with E-state index in [4.69, 9.17) is 10.5 Å². The number of hydrogen-bond acceptors (Lipinski definition) is 3. The molecule has 21 heavy (non-hydrogen) atoms. The maximum atomic E-state index is 12.6. The molecule has 2 aromatic rings. The number of para-hydroxylation sites is 1.